The van der Waals surface area contributed by atoms with Crippen molar-refractivity contribution >= 4 is 16.1 Å². The van der Waals surface area contributed by atoms with Gasteiger partial charge in [0.15, 0.2) is 0 Å². The Bertz CT molecular complexity index is 548. The minimum absolute atomic E-state index is 0.0987. The van der Waals surface area contributed by atoms with Gasteiger partial charge in [0.2, 0.25) is 0 Å². The number of aryl methyl sites for hydroxylation is 1. The molecule has 0 bridgehead atoms. The van der Waals surface area contributed by atoms with Crippen molar-refractivity contribution in [3.63, 3.8) is 0 Å². The van der Waals surface area contributed by atoms with Gasteiger partial charge in [-0.15, -0.1) is 0 Å². The Kier molecular flexibility index (Phi) is 4.06. The highest BCUT2D eigenvalue weighted by molar-refractivity contribution is 7.90. The molecule has 0 spiro atoms. The third kappa shape index (κ3) is 3.45. The van der Waals surface area contributed by atoms with Crippen LogP contribution in [0, 0.1) is 6.92 Å². The van der Waals surface area contributed by atoms with Crippen molar-refractivity contribution in [1.82, 2.24) is 14.9 Å². The zero-order chi connectivity index (χ0) is 13.9. The predicted molar refractivity (Wildman–Crippen MR) is 71.3 cm³/mol. The number of amides is 2. The van der Waals surface area contributed by atoms with E-state index in [1.165, 1.54) is 17.0 Å². The Morgan fingerprint density at radius 2 is 1.79 bits per heavy atom. The van der Waals surface area contributed by atoms with E-state index in [1.807, 2.05) is 6.92 Å². The normalized spacial score (nSPS) is 16.2. The van der Waals surface area contributed by atoms with Crippen molar-refractivity contribution in [3.8, 4) is 0 Å². The number of sulfonamides is 1. The van der Waals surface area contributed by atoms with Crippen molar-refractivity contribution in [2.24, 2.45) is 0 Å². The van der Waals surface area contributed by atoms with Gasteiger partial charge in [-0.25, -0.2) is 17.9 Å². The van der Waals surface area contributed by atoms with Crippen LogP contribution in [-0.2, 0) is 10.0 Å². The van der Waals surface area contributed by atoms with Crippen LogP contribution in [-0.4, -0.2) is 45.5 Å². The number of piperazine rings is 1. The predicted octanol–water partition coefficient (Wildman–Crippen LogP) is 0.299. The van der Waals surface area contributed by atoms with E-state index in [4.69, 9.17) is 0 Å². The Morgan fingerprint density at radius 3 is 2.37 bits per heavy atom. The van der Waals surface area contributed by atoms with Crippen molar-refractivity contribution in [2.45, 2.75) is 11.8 Å². The Labute approximate surface area is 112 Å². The molecule has 1 fully saturated rings. The van der Waals surface area contributed by atoms with Gasteiger partial charge in [0.1, 0.15) is 0 Å². The van der Waals surface area contributed by atoms with E-state index in [0.29, 0.717) is 26.2 Å². The Morgan fingerprint density at radius 1 is 1.21 bits per heavy atom. The molecule has 6 nitrogen and oxygen atoms in total. The molecule has 1 saturated heterocycles. The fraction of sp³-hybridized carbons (Fsp3) is 0.417. The maximum Gasteiger partial charge on any atom is 0.331 e. The van der Waals surface area contributed by atoms with Gasteiger partial charge in [0, 0.05) is 26.2 Å². The molecular formula is C12H17N3O3S. The quantitative estimate of drug-likeness (QED) is 0.818. The smallest absolute Gasteiger partial charge is 0.321 e. The van der Waals surface area contributed by atoms with Crippen LogP contribution in [0.2, 0.25) is 0 Å². The molecule has 2 N–H and O–H groups in total. The van der Waals surface area contributed by atoms with Gasteiger partial charge in [-0.1, -0.05) is 17.7 Å². The van der Waals surface area contributed by atoms with Crippen molar-refractivity contribution in [3.05, 3.63) is 29.8 Å². The van der Waals surface area contributed by atoms with Crippen molar-refractivity contribution in [2.75, 3.05) is 26.2 Å². The molecule has 0 aliphatic carbocycles. The van der Waals surface area contributed by atoms with Crippen LogP contribution < -0.4 is 10.0 Å². The molecule has 0 aromatic heterocycles. The summed E-state index contributed by atoms with van der Waals surface area (Å²) in [5.74, 6) is 0. The zero-order valence-electron chi connectivity index (χ0n) is 10.7. The summed E-state index contributed by atoms with van der Waals surface area (Å²) in [5.41, 5.74) is 0.965. The minimum atomic E-state index is -3.79. The summed E-state index contributed by atoms with van der Waals surface area (Å²) in [6.45, 7) is 4.25. The molecule has 0 radical (unpaired) electrons. The molecule has 0 unspecified atom stereocenters. The molecule has 7 heteroatoms. The molecule has 2 rings (SSSR count). The van der Waals surface area contributed by atoms with Crippen molar-refractivity contribution < 1.29 is 13.2 Å². The number of rotatable bonds is 2. The summed E-state index contributed by atoms with van der Waals surface area (Å²) in [7, 11) is -3.79. The van der Waals surface area contributed by atoms with Gasteiger partial charge in [0.05, 0.1) is 4.90 Å². The number of hydrogen-bond acceptors (Lipinski definition) is 4. The molecule has 1 aliphatic heterocycles. The summed E-state index contributed by atoms with van der Waals surface area (Å²) in [4.78, 5) is 13.4. The van der Waals surface area contributed by atoms with E-state index in [2.05, 4.69) is 10.0 Å². The summed E-state index contributed by atoms with van der Waals surface area (Å²) >= 11 is 0. The molecular weight excluding hydrogens is 266 g/mol. The van der Waals surface area contributed by atoms with Crippen molar-refractivity contribution in [1.29, 1.82) is 0 Å². The molecule has 1 aromatic rings. The molecule has 104 valence electrons. The number of carbonyl (C=O) groups excluding carboxylic acids is 1. The highest BCUT2D eigenvalue weighted by Crippen LogP contribution is 2.10. The summed E-state index contributed by atoms with van der Waals surface area (Å²) in [6.07, 6.45) is 0. The Balaban J connectivity index is 2.08. The van der Waals surface area contributed by atoms with Gasteiger partial charge in [-0.05, 0) is 19.1 Å². The van der Waals surface area contributed by atoms with E-state index < -0.39 is 16.1 Å². The first kappa shape index (κ1) is 13.8. The number of benzene rings is 1. The van der Waals surface area contributed by atoms with Gasteiger partial charge in [0.25, 0.3) is 10.0 Å². The second kappa shape index (κ2) is 5.58. The molecule has 2 amide bonds. The molecule has 1 heterocycles. The Hall–Kier alpha value is -1.60. The zero-order valence-corrected chi connectivity index (χ0v) is 11.5. The fourth-order valence-electron chi connectivity index (χ4n) is 1.82. The highest BCUT2D eigenvalue weighted by Gasteiger charge is 2.22. The van der Waals surface area contributed by atoms with Gasteiger partial charge < -0.3 is 10.2 Å². The van der Waals surface area contributed by atoms with Crippen LogP contribution in [0.3, 0.4) is 0 Å². The standard InChI is InChI=1S/C12H17N3O3S/c1-10-2-4-11(5-3-10)19(17,18)14-12(16)15-8-6-13-7-9-15/h2-5,13H,6-9H2,1H3,(H,14,16). The third-order valence-corrected chi connectivity index (χ3v) is 4.29. The lowest BCUT2D eigenvalue weighted by atomic mass is 10.2. The number of hydrogen-bond donors (Lipinski definition) is 2. The van der Waals surface area contributed by atoms with E-state index in [-0.39, 0.29) is 4.90 Å². The van der Waals surface area contributed by atoms with E-state index in [1.54, 1.807) is 12.1 Å². The third-order valence-electron chi connectivity index (χ3n) is 2.96. The van der Waals surface area contributed by atoms with Gasteiger partial charge in [-0.3, -0.25) is 0 Å². The summed E-state index contributed by atoms with van der Waals surface area (Å²) in [5, 5.41) is 3.10. The second-order valence-corrected chi connectivity index (χ2v) is 6.14. The molecule has 1 aromatic carbocycles. The average molecular weight is 283 g/mol. The van der Waals surface area contributed by atoms with Crippen LogP contribution in [0.15, 0.2) is 29.2 Å². The summed E-state index contributed by atoms with van der Waals surface area (Å²) in [6, 6.07) is 5.81. The summed E-state index contributed by atoms with van der Waals surface area (Å²) < 4.78 is 26.1. The number of urea groups is 1. The minimum Gasteiger partial charge on any atom is -0.321 e. The molecule has 1 aliphatic rings. The van der Waals surface area contributed by atoms with Crippen LogP contribution in [0.1, 0.15) is 5.56 Å². The SMILES string of the molecule is Cc1ccc(S(=O)(=O)NC(=O)N2CCNCC2)cc1. The first-order valence-electron chi connectivity index (χ1n) is 6.08. The average Bonchev–Trinajstić information content (AvgIpc) is 2.40. The monoisotopic (exact) mass is 283 g/mol. The van der Waals surface area contributed by atoms with Crippen LogP contribution in [0.5, 0.6) is 0 Å². The topological polar surface area (TPSA) is 78.5 Å². The number of nitrogens with one attached hydrogen (secondary N) is 2. The maximum atomic E-state index is 12.0. The second-order valence-electron chi connectivity index (χ2n) is 4.46. The first-order chi connectivity index (χ1) is 8.99. The lowest BCUT2D eigenvalue weighted by molar-refractivity contribution is 0.196. The van der Waals surface area contributed by atoms with E-state index in [9.17, 15) is 13.2 Å². The van der Waals surface area contributed by atoms with Gasteiger partial charge in [-0.2, -0.15) is 0 Å². The van der Waals surface area contributed by atoms with E-state index >= 15 is 0 Å². The van der Waals surface area contributed by atoms with Crippen LogP contribution in [0.25, 0.3) is 0 Å². The maximum absolute atomic E-state index is 12.0. The molecule has 0 saturated carbocycles. The van der Waals surface area contributed by atoms with E-state index in [0.717, 1.165) is 5.56 Å². The largest absolute Gasteiger partial charge is 0.331 e. The fourth-order valence-corrected chi connectivity index (χ4v) is 2.79. The first-order valence-corrected chi connectivity index (χ1v) is 7.56. The lowest BCUT2D eigenvalue weighted by Gasteiger charge is -2.27. The molecule has 0 atom stereocenters. The highest BCUT2D eigenvalue weighted by atomic mass is 32.2. The molecule has 19 heavy (non-hydrogen) atoms. The van der Waals surface area contributed by atoms with Crippen LogP contribution >= 0.6 is 0 Å². The lowest BCUT2D eigenvalue weighted by Crippen LogP contribution is -2.51. The number of nitrogens with zero attached hydrogens (tertiary/aromatic N) is 1. The van der Waals surface area contributed by atoms with Crippen LogP contribution in [0.4, 0.5) is 4.79 Å². The van der Waals surface area contributed by atoms with Gasteiger partial charge >= 0.3 is 6.03 Å². The number of carbonyl (C=O) groups is 1.